The summed E-state index contributed by atoms with van der Waals surface area (Å²) in [5, 5.41) is 3.69. The predicted molar refractivity (Wildman–Crippen MR) is 120 cm³/mol. The molecular weight excluding hydrogens is 467 g/mol. The van der Waals surface area contributed by atoms with Crippen molar-refractivity contribution in [3.8, 4) is 0 Å². The number of anilines is 1. The lowest BCUT2D eigenvalue weighted by molar-refractivity contribution is -0.120. The fraction of sp³-hybridized carbons (Fsp3) is 0.381. The van der Waals surface area contributed by atoms with Crippen LogP contribution < -0.4 is 5.32 Å². The number of carbonyl (C=O) groups is 1. The second-order valence-electron chi connectivity index (χ2n) is 7.70. The molecule has 0 aromatic heterocycles. The quantitative estimate of drug-likeness (QED) is 0.605. The van der Waals surface area contributed by atoms with E-state index >= 15 is 0 Å². The van der Waals surface area contributed by atoms with Crippen molar-refractivity contribution in [3.63, 3.8) is 0 Å². The van der Waals surface area contributed by atoms with Crippen LogP contribution in [0.1, 0.15) is 30.4 Å². The van der Waals surface area contributed by atoms with E-state index in [1.165, 1.54) is 22.0 Å². The normalized spacial score (nSPS) is 17.7. The third kappa shape index (κ3) is 4.34. The Morgan fingerprint density at radius 2 is 1.60 bits per heavy atom. The van der Waals surface area contributed by atoms with Crippen molar-refractivity contribution < 1.29 is 13.2 Å². The monoisotopic (exact) mass is 486 g/mol. The number of nitrogens with one attached hydrogen (secondary N) is 1. The molecule has 1 amide bonds. The highest BCUT2D eigenvalue weighted by molar-refractivity contribution is 7.89. The van der Waals surface area contributed by atoms with Crippen molar-refractivity contribution in [1.82, 2.24) is 4.31 Å². The van der Waals surface area contributed by atoms with Gasteiger partial charge in [-0.15, -0.1) is 0 Å². The molecule has 2 aromatic rings. The summed E-state index contributed by atoms with van der Waals surface area (Å²) in [6.07, 6.45) is 3.89. The summed E-state index contributed by atoms with van der Waals surface area (Å²) in [6, 6.07) is 8.42. The van der Waals surface area contributed by atoms with E-state index in [0.717, 1.165) is 24.8 Å². The van der Waals surface area contributed by atoms with Crippen molar-refractivity contribution >= 4 is 56.4 Å². The van der Waals surface area contributed by atoms with E-state index in [1.807, 2.05) is 12.1 Å². The number of halogens is 3. The largest absolute Gasteiger partial charge is 0.324 e. The molecule has 1 aliphatic carbocycles. The molecule has 1 heterocycles. The molecule has 1 saturated heterocycles. The van der Waals surface area contributed by atoms with Crippen LogP contribution in [0, 0.1) is 5.92 Å². The molecule has 2 aromatic carbocycles. The first-order chi connectivity index (χ1) is 14.3. The number of hydrogen-bond donors (Lipinski definition) is 1. The van der Waals surface area contributed by atoms with Crippen LogP contribution in [-0.2, 0) is 27.7 Å². The number of carbonyl (C=O) groups excluding carboxylic acids is 1. The molecule has 1 aliphatic heterocycles. The van der Waals surface area contributed by atoms with E-state index in [1.54, 1.807) is 6.07 Å². The van der Waals surface area contributed by atoms with Gasteiger partial charge in [0.05, 0.1) is 25.7 Å². The standard InChI is InChI=1S/C21H21Cl3N2O3S/c22-17-11-19(24)20(12-18(17)23)25-21(27)14-6-8-26(9-7-14)30(28,29)16-5-4-13-2-1-3-15(13)10-16/h4-5,10-12,14H,1-3,6-9H2,(H,25,27). The van der Waals surface area contributed by atoms with Crippen LogP contribution in [0.5, 0.6) is 0 Å². The zero-order valence-corrected chi connectivity index (χ0v) is 19.2. The number of piperidine rings is 1. The molecule has 1 fully saturated rings. The second-order valence-corrected chi connectivity index (χ2v) is 10.9. The molecule has 4 rings (SSSR count). The maximum absolute atomic E-state index is 13.0. The van der Waals surface area contributed by atoms with Gasteiger partial charge in [0.25, 0.3) is 0 Å². The maximum Gasteiger partial charge on any atom is 0.243 e. The molecule has 0 spiro atoms. The van der Waals surface area contributed by atoms with Gasteiger partial charge in [-0.2, -0.15) is 4.31 Å². The van der Waals surface area contributed by atoms with Crippen LogP contribution in [0.15, 0.2) is 35.2 Å². The molecule has 30 heavy (non-hydrogen) atoms. The molecule has 160 valence electrons. The highest BCUT2D eigenvalue weighted by Gasteiger charge is 2.33. The lowest BCUT2D eigenvalue weighted by Crippen LogP contribution is -2.41. The fourth-order valence-corrected chi connectivity index (χ4v) is 6.18. The van der Waals surface area contributed by atoms with Gasteiger partial charge in [-0.25, -0.2) is 8.42 Å². The van der Waals surface area contributed by atoms with Crippen LogP contribution in [0.2, 0.25) is 15.1 Å². The van der Waals surface area contributed by atoms with Crippen LogP contribution in [0.4, 0.5) is 5.69 Å². The number of sulfonamides is 1. The Balaban J connectivity index is 1.41. The highest BCUT2D eigenvalue weighted by atomic mass is 35.5. The first-order valence-corrected chi connectivity index (χ1v) is 12.4. The Morgan fingerprint density at radius 3 is 2.33 bits per heavy atom. The van der Waals surface area contributed by atoms with Crippen molar-refractivity contribution in [1.29, 1.82) is 0 Å². The molecule has 9 heteroatoms. The topological polar surface area (TPSA) is 66.5 Å². The Morgan fingerprint density at radius 1 is 0.933 bits per heavy atom. The summed E-state index contributed by atoms with van der Waals surface area (Å²) in [7, 11) is -3.56. The fourth-order valence-electron chi connectivity index (χ4n) is 4.07. The van der Waals surface area contributed by atoms with Gasteiger partial charge in [0.2, 0.25) is 15.9 Å². The summed E-state index contributed by atoms with van der Waals surface area (Å²) < 4.78 is 27.6. The zero-order valence-electron chi connectivity index (χ0n) is 16.1. The Bertz CT molecular complexity index is 1100. The van der Waals surface area contributed by atoms with Gasteiger partial charge in [-0.1, -0.05) is 40.9 Å². The van der Waals surface area contributed by atoms with Gasteiger partial charge in [0, 0.05) is 19.0 Å². The number of fused-ring (bicyclic) bond motifs is 1. The van der Waals surface area contributed by atoms with Crippen molar-refractivity contribution in [2.75, 3.05) is 18.4 Å². The first-order valence-electron chi connectivity index (χ1n) is 9.83. The molecule has 0 bridgehead atoms. The van der Waals surface area contributed by atoms with Gasteiger partial charge in [-0.05, 0) is 67.5 Å². The number of benzene rings is 2. The second kappa shape index (κ2) is 8.67. The number of nitrogens with zero attached hydrogens (tertiary/aromatic N) is 1. The molecule has 0 unspecified atom stereocenters. The van der Waals surface area contributed by atoms with Crippen LogP contribution in [-0.4, -0.2) is 31.7 Å². The van der Waals surface area contributed by atoms with Crippen molar-refractivity contribution in [2.45, 2.75) is 37.0 Å². The van der Waals surface area contributed by atoms with Crippen LogP contribution in [0.25, 0.3) is 0 Å². The third-order valence-electron chi connectivity index (χ3n) is 5.80. The summed E-state index contributed by atoms with van der Waals surface area (Å²) >= 11 is 18.1. The minimum absolute atomic E-state index is 0.204. The number of amides is 1. The molecule has 0 saturated carbocycles. The molecule has 0 radical (unpaired) electrons. The first kappa shape index (κ1) is 21.9. The van der Waals surface area contributed by atoms with Crippen LogP contribution in [0.3, 0.4) is 0 Å². The number of hydrogen-bond acceptors (Lipinski definition) is 3. The third-order valence-corrected chi connectivity index (χ3v) is 8.73. The maximum atomic E-state index is 13.0. The molecular formula is C21H21Cl3N2O3S. The Labute approximate surface area is 191 Å². The summed E-state index contributed by atoms with van der Waals surface area (Å²) in [5.41, 5.74) is 2.76. The predicted octanol–water partition coefficient (Wildman–Crippen LogP) is 5.17. The van der Waals surface area contributed by atoms with E-state index in [0.29, 0.717) is 51.6 Å². The molecule has 2 aliphatic rings. The Kier molecular flexibility index (Phi) is 6.33. The number of rotatable bonds is 4. The smallest absolute Gasteiger partial charge is 0.243 e. The average molecular weight is 488 g/mol. The average Bonchev–Trinajstić information content (AvgIpc) is 3.20. The number of aryl methyl sites for hydroxylation is 2. The lowest BCUT2D eigenvalue weighted by atomic mass is 9.97. The van der Waals surface area contributed by atoms with E-state index in [9.17, 15) is 13.2 Å². The van der Waals surface area contributed by atoms with E-state index in [-0.39, 0.29) is 11.8 Å². The summed E-state index contributed by atoms with van der Waals surface area (Å²) in [5.74, 6) is -0.508. The van der Waals surface area contributed by atoms with Crippen LogP contribution >= 0.6 is 34.8 Å². The van der Waals surface area contributed by atoms with Gasteiger partial charge in [0.1, 0.15) is 0 Å². The minimum Gasteiger partial charge on any atom is -0.324 e. The van der Waals surface area contributed by atoms with E-state index < -0.39 is 10.0 Å². The van der Waals surface area contributed by atoms with Gasteiger partial charge >= 0.3 is 0 Å². The summed E-state index contributed by atoms with van der Waals surface area (Å²) in [4.78, 5) is 13.0. The highest BCUT2D eigenvalue weighted by Crippen LogP contribution is 2.33. The Hall–Kier alpha value is -1.31. The van der Waals surface area contributed by atoms with Gasteiger partial charge in [-0.3, -0.25) is 4.79 Å². The van der Waals surface area contributed by atoms with Crippen molar-refractivity contribution in [3.05, 3.63) is 56.5 Å². The molecule has 1 N–H and O–H groups in total. The minimum atomic E-state index is -3.56. The van der Waals surface area contributed by atoms with Crippen molar-refractivity contribution in [2.24, 2.45) is 5.92 Å². The zero-order chi connectivity index (χ0) is 21.5. The summed E-state index contributed by atoms with van der Waals surface area (Å²) in [6.45, 7) is 0.596. The van der Waals surface area contributed by atoms with Gasteiger partial charge < -0.3 is 5.32 Å². The molecule has 0 atom stereocenters. The van der Waals surface area contributed by atoms with E-state index in [4.69, 9.17) is 34.8 Å². The lowest BCUT2D eigenvalue weighted by Gasteiger charge is -2.30. The van der Waals surface area contributed by atoms with Gasteiger partial charge in [0.15, 0.2) is 0 Å². The van der Waals surface area contributed by atoms with E-state index in [2.05, 4.69) is 5.32 Å². The molecule has 5 nitrogen and oxygen atoms in total. The SMILES string of the molecule is O=C(Nc1cc(Cl)c(Cl)cc1Cl)C1CCN(S(=O)(=O)c2ccc3c(c2)CCC3)CC1.